The van der Waals surface area contributed by atoms with E-state index in [1.807, 2.05) is 41.5 Å². The number of halogens is 2. The first kappa shape index (κ1) is 26.5. The molecule has 0 aromatic rings. The molecule has 0 aromatic heterocycles. The monoisotopic (exact) mass is 431 g/mol. The summed E-state index contributed by atoms with van der Waals surface area (Å²) >= 11 is 0. The summed E-state index contributed by atoms with van der Waals surface area (Å²) < 4.78 is 64.3. The van der Waals surface area contributed by atoms with Gasteiger partial charge in [-0.05, 0) is 24.2 Å². The number of hydrogen-bond donors (Lipinski definition) is 2. The van der Waals surface area contributed by atoms with Crippen LogP contribution in [0, 0.1) is 16.2 Å². The lowest BCUT2D eigenvalue weighted by Gasteiger charge is -2.43. The Hall–Kier alpha value is -1.49. The highest BCUT2D eigenvalue weighted by molar-refractivity contribution is 7.86. The molecule has 0 radical (unpaired) electrons. The minimum atomic E-state index is -5.69. The van der Waals surface area contributed by atoms with Gasteiger partial charge in [-0.25, -0.2) is 4.79 Å². The zero-order valence-electron chi connectivity index (χ0n) is 17.4. The highest BCUT2D eigenvalue weighted by atomic mass is 32.2. The molecular formula is C17H31F2NO7S. The Bertz CT molecular complexity index is 666. The van der Waals surface area contributed by atoms with Gasteiger partial charge >= 0.3 is 27.4 Å². The van der Waals surface area contributed by atoms with Crippen LogP contribution in [0.5, 0.6) is 0 Å². The fraction of sp³-hybridized carbons (Fsp3) is 0.882. The highest BCUT2D eigenvalue weighted by Crippen LogP contribution is 2.47. The van der Waals surface area contributed by atoms with Gasteiger partial charge in [0.25, 0.3) is 0 Å². The first-order chi connectivity index (χ1) is 12.2. The minimum Gasteiger partial charge on any atom is -0.463 e. The van der Waals surface area contributed by atoms with Crippen LogP contribution in [0.15, 0.2) is 0 Å². The summed E-state index contributed by atoms with van der Waals surface area (Å²) in [4.78, 5) is 24.0. The summed E-state index contributed by atoms with van der Waals surface area (Å²) in [6.07, 6.45) is -0.782. The smallest absolute Gasteiger partial charge is 0.407 e. The van der Waals surface area contributed by atoms with Gasteiger partial charge in [0.15, 0.2) is 6.61 Å². The van der Waals surface area contributed by atoms with Crippen molar-refractivity contribution in [3.8, 4) is 0 Å². The first-order valence-electron chi connectivity index (χ1n) is 8.66. The molecule has 1 unspecified atom stereocenters. The van der Waals surface area contributed by atoms with Gasteiger partial charge < -0.3 is 14.8 Å². The average molecular weight is 431 g/mol. The molecule has 0 aliphatic rings. The molecule has 0 saturated carbocycles. The first-order valence-corrected chi connectivity index (χ1v) is 10.1. The standard InChI is InChI=1S/C17H31F2NO7S/c1-14(2,3)10-16(7,15(4,5)6)12(21)26-9-8-20-13(22)27-11-17(18,19)28(23,24)25/h8-11H2,1-7H3,(H,20,22)(H,23,24,25). The van der Waals surface area contributed by atoms with E-state index in [9.17, 15) is 26.8 Å². The van der Waals surface area contributed by atoms with Crippen molar-refractivity contribution in [3.63, 3.8) is 0 Å². The molecule has 0 bridgehead atoms. The van der Waals surface area contributed by atoms with Crippen molar-refractivity contribution in [2.24, 2.45) is 16.2 Å². The Labute approximate surface area is 165 Å². The lowest BCUT2D eigenvalue weighted by Crippen LogP contribution is -2.45. The predicted octanol–water partition coefficient (Wildman–Crippen LogP) is 3.23. The number of alkyl halides is 2. The summed E-state index contributed by atoms with van der Waals surface area (Å²) in [6.45, 7) is 11.3. The Morgan fingerprint density at radius 1 is 1.00 bits per heavy atom. The number of esters is 1. The Morgan fingerprint density at radius 2 is 1.50 bits per heavy atom. The SMILES string of the molecule is CC(C)(C)CC(C)(C(=O)OCCNC(=O)OCC(F)(F)S(=O)(=O)O)C(C)(C)C. The van der Waals surface area contributed by atoms with Crippen LogP contribution in [0.2, 0.25) is 0 Å². The van der Waals surface area contributed by atoms with Crippen molar-refractivity contribution < 1.29 is 40.8 Å². The number of hydrogen-bond acceptors (Lipinski definition) is 6. The van der Waals surface area contributed by atoms with E-state index in [2.05, 4.69) is 10.1 Å². The number of rotatable bonds is 8. The molecule has 0 rings (SSSR count). The van der Waals surface area contributed by atoms with Crippen LogP contribution in [0.4, 0.5) is 13.6 Å². The summed E-state index contributed by atoms with van der Waals surface area (Å²) in [6, 6.07) is 0. The molecule has 0 spiro atoms. The van der Waals surface area contributed by atoms with E-state index in [-0.39, 0.29) is 18.6 Å². The number of nitrogens with one attached hydrogen (secondary N) is 1. The fourth-order valence-electron chi connectivity index (χ4n) is 2.44. The number of carbonyl (C=O) groups is 2. The van der Waals surface area contributed by atoms with Gasteiger partial charge in [-0.3, -0.25) is 9.35 Å². The molecule has 1 atom stereocenters. The second-order valence-electron chi connectivity index (χ2n) is 9.07. The molecule has 0 heterocycles. The van der Waals surface area contributed by atoms with Gasteiger partial charge in [0, 0.05) is 0 Å². The largest absolute Gasteiger partial charge is 0.463 e. The minimum absolute atomic E-state index is 0.138. The third-order valence-electron chi connectivity index (χ3n) is 4.34. The predicted molar refractivity (Wildman–Crippen MR) is 98.4 cm³/mol. The van der Waals surface area contributed by atoms with E-state index in [0.717, 1.165) is 0 Å². The molecule has 11 heteroatoms. The quantitative estimate of drug-likeness (QED) is 0.344. The Morgan fingerprint density at radius 3 is 1.89 bits per heavy atom. The van der Waals surface area contributed by atoms with E-state index in [1.54, 1.807) is 6.92 Å². The van der Waals surface area contributed by atoms with Crippen LogP contribution in [-0.2, 0) is 24.4 Å². The Kier molecular flexibility index (Phi) is 8.42. The van der Waals surface area contributed by atoms with Gasteiger partial charge in [-0.15, -0.1) is 0 Å². The summed E-state index contributed by atoms with van der Waals surface area (Å²) in [7, 11) is -5.69. The van der Waals surface area contributed by atoms with Crippen molar-refractivity contribution in [3.05, 3.63) is 0 Å². The van der Waals surface area contributed by atoms with Crippen molar-refractivity contribution in [2.75, 3.05) is 19.8 Å². The lowest BCUT2D eigenvalue weighted by molar-refractivity contribution is -0.164. The van der Waals surface area contributed by atoms with Gasteiger partial charge in [0.2, 0.25) is 0 Å². The third kappa shape index (κ3) is 7.86. The van der Waals surface area contributed by atoms with E-state index in [0.29, 0.717) is 6.42 Å². The van der Waals surface area contributed by atoms with Crippen LogP contribution < -0.4 is 5.32 Å². The van der Waals surface area contributed by atoms with Crippen molar-refractivity contribution >= 4 is 22.2 Å². The van der Waals surface area contributed by atoms with Gasteiger partial charge in [-0.1, -0.05) is 41.5 Å². The normalized spacial score (nSPS) is 15.5. The van der Waals surface area contributed by atoms with Crippen LogP contribution in [0.3, 0.4) is 0 Å². The molecule has 28 heavy (non-hydrogen) atoms. The topological polar surface area (TPSA) is 119 Å². The third-order valence-corrected chi connectivity index (χ3v) is 5.22. The summed E-state index contributed by atoms with van der Waals surface area (Å²) in [5.74, 6) is -0.456. The van der Waals surface area contributed by atoms with Gasteiger partial charge in [0.1, 0.15) is 6.61 Å². The molecule has 0 aliphatic heterocycles. The summed E-state index contributed by atoms with van der Waals surface area (Å²) in [5.41, 5.74) is -1.34. The molecule has 2 N–H and O–H groups in total. The number of alkyl carbamates (subject to hydrolysis) is 1. The highest BCUT2D eigenvalue weighted by Gasteiger charge is 2.48. The molecule has 166 valence electrons. The van der Waals surface area contributed by atoms with Crippen LogP contribution >= 0.6 is 0 Å². The van der Waals surface area contributed by atoms with Crippen LogP contribution in [0.25, 0.3) is 0 Å². The molecule has 0 saturated heterocycles. The van der Waals surface area contributed by atoms with Gasteiger partial charge in [0.05, 0.1) is 12.0 Å². The van der Waals surface area contributed by atoms with Crippen molar-refractivity contribution in [2.45, 2.75) is 60.1 Å². The van der Waals surface area contributed by atoms with Crippen LogP contribution in [-0.4, -0.2) is 50.0 Å². The zero-order chi connectivity index (χ0) is 22.6. The second kappa shape index (κ2) is 8.89. The molecule has 0 fully saturated rings. The van der Waals surface area contributed by atoms with E-state index < -0.39 is 44.9 Å². The van der Waals surface area contributed by atoms with Gasteiger partial charge in [-0.2, -0.15) is 17.2 Å². The zero-order valence-corrected chi connectivity index (χ0v) is 18.2. The number of amides is 1. The fourth-order valence-corrected chi connectivity index (χ4v) is 2.64. The maximum Gasteiger partial charge on any atom is 0.407 e. The lowest BCUT2D eigenvalue weighted by atomic mass is 9.61. The van der Waals surface area contributed by atoms with E-state index >= 15 is 0 Å². The molecule has 8 nitrogen and oxygen atoms in total. The molecule has 0 aliphatic carbocycles. The van der Waals surface area contributed by atoms with E-state index in [4.69, 9.17) is 9.29 Å². The van der Waals surface area contributed by atoms with E-state index in [1.165, 1.54) is 0 Å². The average Bonchev–Trinajstić information content (AvgIpc) is 2.45. The van der Waals surface area contributed by atoms with Crippen molar-refractivity contribution in [1.82, 2.24) is 5.32 Å². The second-order valence-corrected chi connectivity index (χ2v) is 10.6. The van der Waals surface area contributed by atoms with Crippen LogP contribution in [0.1, 0.15) is 54.9 Å². The molecule has 0 aromatic carbocycles. The summed E-state index contributed by atoms with van der Waals surface area (Å²) in [5, 5.41) is -2.56. The molecule has 1 amide bonds. The Balaban J connectivity index is 4.63. The maximum absolute atomic E-state index is 13.0. The number of carbonyl (C=O) groups excluding carboxylic acids is 2. The number of ether oxygens (including phenoxy) is 2. The maximum atomic E-state index is 13.0. The van der Waals surface area contributed by atoms with Crippen molar-refractivity contribution in [1.29, 1.82) is 0 Å². The molecular weight excluding hydrogens is 400 g/mol.